The third-order valence-corrected chi connectivity index (χ3v) is 8.56. The number of anilines is 1. The molecule has 46 heavy (non-hydrogen) atoms. The molecule has 1 atom stereocenters. The number of para-hydroxylation sites is 1. The maximum Gasteiger partial charge on any atom is 0.264 e. The van der Waals surface area contributed by atoms with Crippen molar-refractivity contribution in [1.82, 2.24) is 29.9 Å². The minimum atomic E-state index is -0.683. The van der Waals surface area contributed by atoms with Gasteiger partial charge in [-0.05, 0) is 63.1 Å². The number of halogens is 1. The van der Waals surface area contributed by atoms with Crippen LogP contribution < -0.4 is 15.8 Å². The number of rotatable bonds is 7. The van der Waals surface area contributed by atoms with Crippen LogP contribution in [0.4, 0.5) is 10.2 Å². The maximum atomic E-state index is 15.6. The topological polar surface area (TPSA) is 142 Å². The summed E-state index contributed by atoms with van der Waals surface area (Å²) in [5.74, 6) is 0.160. The predicted molar refractivity (Wildman–Crippen MR) is 171 cm³/mol. The summed E-state index contributed by atoms with van der Waals surface area (Å²) in [6.45, 7) is 5.88. The van der Waals surface area contributed by atoms with Crippen LogP contribution in [-0.4, -0.2) is 74.6 Å². The van der Waals surface area contributed by atoms with Crippen molar-refractivity contribution >= 4 is 28.5 Å². The molecule has 2 aliphatic heterocycles. The van der Waals surface area contributed by atoms with Gasteiger partial charge in [0.15, 0.2) is 0 Å². The Labute approximate surface area is 266 Å². The SMILES string of the molecule is CC(C)(/C=C(/C#N)C(=O)N1CCC[C@@H](n2nc(-c3ccc(Oc4ccccc4)cc3F)c3c(N)nccc32)C1)N1CCNC(=O)C1. The Morgan fingerprint density at radius 1 is 1.17 bits per heavy atom. The summed E-state index contributed by atoms with van der Waals surface area (Å²) in [5, 5.41) is 18.2. The lowest BCUT2D eigenvalue weighted by molar-refractivity contribution is -0.128. The van der Waals surface area contributed by atoms with Crippen LogP contribution in [0.1, 0.15) is 32.7 Å². The van der Waals surface area contributed by atoms with E-state index in [2.05, 4.69) is 16.4 Å². The Hall–Kier alpha value is -5.28. The summed E-state index contributed by atoms with van der Waals surface area (Å²) in [7, 11) is 0. The minimum absolute atomic E-state index is 0.0240. The van der Waals surface area contributed by atoms with E-state index in [1.807, 2.05) is 36.9 Å². The standard InChI is InChI=1S/C34H35FN8O3/c1-34(2,42-16-14-38-29(44)21-42)18-22(19-36)33(45)41-15-6-7-23(20-41)43-28-12-13-39-32(37)30(28)31(40-43)26-11-10-25(17-27(26)35)46-24-8-4-3-5-9-24/h3-5,8-13,17-18,23H,6-7,14-16,20-21H2,1-2H3,(H2,37,39)(H,38,44)/b22-18-/t23-/m1/s1. The maximum absolute atomic E-state index is 15.6. The first-order valence-corrected chi connectivity index (χ1v) is 15.2. The molecule has 4 aromatic rings. The van der Waals surface area contributed by atoms with Crippen molar-refractivity contribution in [3.05, 3.63) is 78.3 Å². The average molecular weight is 623 g/mol. The monoisotopic (exact) mass is 622 g/mol. The van der Waals surface area contributed by atoms with Crippen LogP contribution in [-0.2, 0) is 9.59 Å². The molecule has 2 aromatic heterocycles. The second kappa shape index (κ2) is 12.6. The van der Waals surface area contributed by atoms with Gasteiger partial charge < -0.3 is 20.7 Å². The minimum Gasteiger partial charge on any atom is -0.457 e. The number of nitrogens with two attached hydrogens (primary N) is 1. The van der Waals surface area contributed by atoms with Crippen LogP contribution in [0.5, 0.6) is 11.5 Å². The Kier molecular flexibility index (Phi) is 8.42. The molecule has 0 bridgehead atoms. The Balaban J connectivity index is 1.28. The molecule has 12 heteroatoms. The third kappa shape index (κ3) is 6.14. The average Bonchev–Trinajstić information content (AvgIpc) is 3.45. The van der Waals surface area contributed by atoms with Gasteiger partial charge in [-0.2, -0.15) is 10.4 Å². The molecule has 236 valence electrons. The number of amides is 2. The fourth-order valence-electron chi connectivity index (χ4n) is 6.18. The van der Waals surface area contributed by atoms with Gasteiger partial charge in [0.05, 0.1) is 23.5 Å². The first-order valence-electron chi connectivity index (χ1n) is 15.2. The van der Waals surface area contributed by atoms with Crippen molar-refractivity contribution in [2.24, 2.45) is 0 Å². The first kappa shape index (κ1) is 30.7. The number of carbonyl (C=O) groups excluding carboxylic acids is 2. The summed E-state index contributed by atoms with van der Waals surface area (Å²) in [4.78, 5) is 33.5. The number of nitrogens with one attached hydrogen (secondary N) is 1. The van der Waals surface area contributed by atoms with E-state index in [0.29, 0.717) is 67.1 Å². The molecule has 0 unspecified atom stereocenters. The summed E-state index contributed by atoms with van der Waals surface area (Å²) in [6, 6.07) is 17.3. The molecule has 2 fully saturated rings. The lowest BCUT2D eigenvalue weighted by Gasteiger charge is -2.39. The molecule has 0 spiro atoms. The number of nitriles is 1. The summed E-state index contributed by atoms with van der Waals surface area (Å²) in [6.07, 6.45) is 4.63. The zero-order valence-electron chi connectivity index (χ0n) is 25.7. The molecule has 11 nitrogen and oxygen atoms in total. The number of carbonyl (C=O) groups is 2. The third-order valence-electron chi connectivity index (χ3n) is 8.56. The van der Waals surface area contributed by atoms with Crippen LogP contribution in [0.2, 0.25) is 0 Å². The fourth-order valence-corrected chi connectivity index (χ4v) is 6.18. The van der Waals surface area contributed by atoms with Crippen molar-refractivity contribution in [2.45, 2.75) is 38.3 Å². The van der Waals surface area contributed by atoms with Gasteiger partial charge in [0.2, 0.25) is 5.91 Å². The number of ether oxygens (including phenoxy) is 1. The number of hydrogen-bond donors (Lipinski definition) is 2. The number of pyridine rings is 1. The highest BCUT2D eigenvalue weighted by Crippen LogP contribution is 2.37. The Morgan fingerprint density at radius 2 is 1.98 bits per heavy atom. The van der Waals surface area contributed by atoms with Gasteiger partial charge in [0.25, 0.3) is 5.91 Å². The number of benzene rings is 2. The molecular weight excluding hydrogens is 587 g/mol. The number of piperazine rings is 1. The van der Waals surface area contributed by atoms with Crippen LogP contribution in [0, 0.1) is 17.1 Å². The number of nitrogen functional groups attached to an aromatic ring is 1. The van der Waals surface area contributed by atoms with Crippen LogP contribution in [0.3, 0.4) is 0 Å². The van der Waals surface area contributed by atoms with Crippen molar-refractivity contribution in [2.75, 3.05) is 38.5 Å². The molecule has 0 radical (unpaired) electrons. The Morgan fingerprint density at radius 3 is 2.72 bits per heavy atom. The van der Waals surface area contributed by atoms with E-state index in [4.69, 9.17) is 15.6 Å². The molecule has 2 amide bonds. The first-order chi connectivity index (χ1) is 22.1. The number of likely N-dealkylation sites (tertiary alicyclic amines) is 1. The lowest BCUT2D eigenvalue weighted by atomic mass is 9.96. The van der Waals surface area contributed by atoms with E-state index in [-0.39, 0.29) is 41.4 Å². The molecule has 2 aliphatic rings. The van der Waals surface area contributed by atoms with E-state index < -0.39 is 11.4 Å². The van der Waals surface area contributed by atoms with E-state index in [0.717, 1.165) is 0 Å². The number of aromatic nitrogens is 3. The van der Waals surface area contributed by atoms with E-state index in [1.54, 1.807) is 52.2 Å². The van der Waals surface area contributed by atoms with E-state index in [9.17, 15) is 14.9 Å². The highest BCUT2D eigenvalue weighted by Gasteiger charge is 2.33. The normalized spacial score (nSPS) is 17.9. The fraction of sp³-hybridized carbons (Fsp3) is 0.324. The van der Waals surface area contributed by atoms with Crippen molar-refractivity contribution in [3.8, 4) is 28.8 Å². The van der Waals surface area contributed by atoms with Crippen LogP contribution >= 0.6 is 0 Å². The van der Waals surface area contributed by atoms with Crippen molar-refractivity contribution in [3.63, 3.8) is 0 Å². The van der Waals surface area contributed by atoms with E-state index >= 15 is 4.39 Å². The van der Waals surface area contributed by atoms with Gasteiger partial charge >= 0.3 is 0 Å². The number of fused-ring (bicyclic) bond motifs is 1. The van der Waals surface area contributed by atoms with Gasteiger partial charge in [0, 0.05) is 49.5 Å². The smallest absolute Gasteiger partial charge is 0.264 e. The van der Waals surface area contributed by atoms with E-state index in [1.165, 1.54) is 6.07 Å². The largest absolute Gasteiger partial charge is 0.457 e. The highest BCUT2D eigenvalue weighted by atomic mass is 19.1. The molecule has 0 saturated carbocycles. The summed E-state index contributed by atoms with van der Waals surface area (Å²) < 4.78 is 23.2. The van der Waals surface area contributed by atoms with Crippen LogP contribution in [0.25, 0.3) is 22.2 Å². The second-order valence-corrected chi connectivity index (χ2v) is 12.1. The molecule has 2 saturated heterocycles. The predicted octanol–water partition coefficient (Wildman–Crippen LogP) is 4.44. The second-order valence-electron chi connectivity index (χ2n) is 12.1. The van der Waals surface area contributed by atoms with Gasteiger partial charge in [0.1, 0.15) is 40.5 Å². The van der Waals surface area contributed by atoms with Crippen molar-refractivity contribution in [1.29, 1.82) is 5.26 Å². The molecule has 2 aromatic carbocycles. The molecular formula is C34H35FN8O3. The quantitative estimate of drug-likeness (QED) is 0.228. The van der Waals surface area contributed by atoms with Crippen LogP contribution in [0.15, 0.2) is 72.4 Å². The Bertz CT molecular complexity index is 1860. The van der Waals surface area contributed by atoms with Crippen molar-refractivity contribution < 1.29 is 18.7 Å². The van der Waals surface area contributed by atoms with Gasteiger partial charge in [-0.25, -0.2) is 9.37 Å². The summed E-state index contributed by atoms with van der Waals surface area (Å²) in [5.41, 5.74) is 6.94. The molecule has 4 heterocycles. The molecule has 3 N–H and O–H groups in total. The molecule has 6 rings (SSSR count). The number of piperidine rings is 1. The van der Waals surface area contributed by atoms with Gasteiger partial charge in [-0.15, -0.1) is 0 Å². The zero-order valence-corrected chi connectivity index (χ0v) is 25.7. The number of hydrogen-bond acceptors (Lipinski definition) is 8. The highest BCUT2D eigenvalue weighted by molar-refractivity contribution is 6.00. The summed E-state index contributed by atoms with van der Waals surface area (Å²) >= 11 is 0. The van der Waals surface area contributed by atoms with Gasteiger partial charge in [-0.3, -0.25) is 19.2 Å². The number of nitrogens with zero attached hydrogens (tertiary/aromatic N) is 6. The zero-order chi connectivity index (χ0) is 32.4. The van der Waals surface area contributed by atoms with Gasteiger partial charge in [-0.1, -0.05) is 18.2 Å². The lowest BCUT2D eigenvalue weighted by Crippen LogP contribution is -2.55. The molecule has 0 aliphatic carbocycles.